The second-order valence-electron chi connectivity index (χ2n) is 3.11. The van der Waals surface area contributed by atoms with Gasteiger partial charge in [0.2, 0.25) is 0 Å². The average molecular weight is 172 g/mol. The molecule has 0 saturated carbocycles. The molecular formula is C8H16N2O2. The molecule has 2 atom stereocenters. The van der Waals surface area contributed by atoms with E-state index in [0.717, 1.165) is 19.3 Å². The highest BCUT2D eigenvalue weighted by Gasteiger charge is 2.25. The Morgan fingerprint density at radius 3 is 3.00 bits per heavy atom. The van der Waals surface area contributed by atoms with E-state index in [0.29, 0.717) is 6.54 Å². The molecule has 12 heavy (non-hydrogen) atoms. The van der Waals surface area contributed by atoms with Gasteiger partial charge in [-0.25, -0.2) is 0 Å². The molecule has 1 saturated heterocycles. The van der Waals surface area contributed by atoms with Gasteiger partial charge >= 0.3 is 5.97 Å². The number of ether oxygens (including phenoxy) is 1. The van der Waals surface area contributed by atoms with Gasteiger partial charge in [-0.2, -0.15) is 0 Å². The Morgan fingerprint density at radius 1 is 1.67 bits per heavy atom. The zero-order chi connectivity index (χ0) is 8.97. The van der Waals surface area contributed by atoms with Gasteiger partial charge in [-0.05, 0) is 19.3 Å². The highest BCUT2D eigenvalue weighted by molar-refractivity contribution is 5.75. The fourth-order valence-corrected chi connectivity index (χ4v) is 1.53. The first-order valence-electron chi connectivity index (χ1n) is 4.32. The van der Waals surface area contributed by atoms with Crippen LogP contribution in [0.5, 0.6) is 0 Å². The van der Waals surface area contributed by atoms with E-state index in [1.807, 2.05) is 0 Å². The van der Waals surface area contributed by atoms with Crippen LogP contribution in [0, 0.1) is 0 Å². The molecule has 0 amide bonds. The zero-order valence-electron chi connectivity index (χ0n) is 7.38. The minimum absolute atomic E-state index is 0.141. The van der Waals surface area contributed by atoms with Crippen molar-refractivity contribution < 1.29 is 9.53 Å². The molecule has 0 unspecified atom stereocenters. The number of nitrogens with one attached hydrogen (secondary N) is 1. The first-order chi connectivity index (χ1) is 5.77. The molecule has 0 aromatic rings. The number of hydrogen-bond donors (Lipinski definition) is 2. The predicted octanol–water partition coefficient (Wildman–Crippen LogP) is -0.371. The van der Waals surface area contributed by atoms with E-state index in [1.165, 1.54) is 7.11 Å². The van der Waals surface area contributed by atoms with Gasteiger partial charge in [0.05, 0.1) is 7.11 Å². The number of hydrogen-bond acceptors (Lipinski definition) is 4. The third-order valence-corrected chi connectivity index (χ3v) is 2.25. The molecule has 4 nitrogen and oxygen atoms in total. The summed E-state index contributed by atoms with van der Waals surface area (Å²) in [7, 11) is 1.41. The molecule has 4 heteroatoms. The van der Waals surface area contributed by atoms with E-state index in [-0.39, 0.29) is 18.1 Å². The average Bonchev–Trinajstić information content (AvgIpc) is 2.17. The van der Waals surface area contributed by atoms with Gasteiger partial charge < -0.3 is 15.8 Å². The summed E-state index contributed by atoms with van der Waals surface area (Å²) in [6.45, 7) is 0.591. The SMILES string of the molecule is COC(=O)[C@H]1CCC[C@@H](CN)N1. The first kappa shape index (κ1) is 9.48. The molecule has 0 aromatic heterocycles. The van der Waals surface area contributed by atoms with Crippen LogP contribution in [0.4, 0.5) is 0 Å². The third-order valence-electron chi connectivity index (χ3n) is 2.25. The highest BCUT2D eigenvalue weighted by Crippen LogP contribution is 2.12. The van der Waals surface area contributed by atoms with Crippen molar-refractivity contribution in [3.8, 4) is 0 Å². The Kier molecular flexibility index (Phi) is 3.49. The molecule has 0 aromatic carbocycles. The van der Waals surface area contributed by atoms with Crippen LogP contribution < -0.4 is 11.1 Å². The van der Waals surface area contributed by atoms with E-state index in [9.17, 15) is 4.79 Å². The summed E-state index contributed by atoms with van der Waals surface area (Å²) >= 11 is 0. The predicted molar refractivity (Wildman–Crippen MR) is 45.6 cm³/mol. The van der Waals surface area contributed by atoms with Crippen LogP contribution in [0.15, 0.2) is 0 Å². The molecule has 0 aliphatic carbocycles. The summed E-state index contributed by atoms with van der Waals surface area (Å²) in [6.07, 6.45) is 2.97. The highest BCUT2D eigenvalue weighted by atomic mass is 16.5. The summed E-state index contributed by atoms with van der Waals surface area (Å²) in [5.74, 6) is -0.173. The molecular weight excluding hydrogens is 156 g/mol. The summed E-state index contributed by atoms with van der Waals surface area (Å²) < 4.78 is 4.64. The van der Waals surface area contributed by atoms with Crippen LogP contribution in [-0.4, -0.2) is 31.7 Å². The molecule has 0 bridgehead atoms. The van der Waals surface area contributed by atoms with E-state index < -0.39 is 0 Å². The minimum Gasteiger partial charge on any atom is -0.468 e. The standard InChI is InChI=1S/C8H16N2O2/c1-12-8(11)7-4-2-3-6(5-9)10-7/h6-7,10H,2-5,9H2,1H3/t6-,7+/m0/s1. The maximum atomic E-state index is 11.1. The fourth-order valence-electron chi connectivity index (χ4n) is 1.53. The van der Waals surface area contributed by atoms with Crippen LogP contribution in [0.1, 0.15) is 19.3 Å². The molecule has 1 aliphatic rings. The van der Waals surface area contributed by atoms with Gasteiger partial charge in [-0.3, -0.25) is 4.79 Å². The van der Waals surface area contributed by atoms with Crippen molar-refractivity contribution >= 4 is 5.97 Å². The van der Waals surface area contributed by atoms with Crippen LogP contribution in [0.25, 0.3) is 0 Å². The number of methoxy groups -OCH3 is 1. The van der Waals surface area contributed by atoms with Crippen LogP contribution in [0.2, 0.25) is 0 Å². The number of carbonyl (C=O) groups is 1. The second-order valence-corrected chi connectivity index (χ2v) is 3.11. The normalized spacial score (nSPS) is 29.8. The molecule has 1 rings (SSSR count). The largest absolute Gasteiger partial charge is 0.468 e. The number of piperidine rings is 1. The Morgan fingerprint density at radius 2 is 2.42 bits per heavy atom. The van der Waals surface area contributed by atoms with Crippen molar-refractivity contribution in [2.45, 2.75) is 31.3 Å². The number of esters is 1. The molecule has 0 spiro atoms. The van der Waals surface area contributed by atoms with Crippen LogP contribution >= 0.6 is 0 Å². The molecule has 1 heterocycles. The van der Waals surface area contributed by atoms with Crippen molar-refractivity contribution in [1.29, 1.82) is 0 Å². The lowest BCUT2D eigenvalue weighted by Crippen LogP contribution is -2.50. The zero-order valence-corrected chi connectivity index (χ0v) is 7.38. The summed E-state index contributed by atoms with van der Waals surface area (Å²) in [4.78, 5) is 11.1. The second kappa shape index (κ2) is 4.42. The lowest BCUT2D eigenvalue weighted by Gasteiger charge is -2.28. The third kappa shape index (κ3) is 2.19. The van der Waals surface area contributed by atoms with Crippen molar-refractivity contribution in [3.05, 3.63) is 0 Å². The molecule has 1 fully saturated rings. The van der Waals surface area contributed by atoms with Crippen molar-refractivity contribution in [2.24, 2.45) is 5.73 Å². The quantitative estimate of drug-likeness (QED) is 0.558. The lowest BCUT2D eigenvalue weighted by molar-refractivity contribution is -0.144. The number of nitrogens with two attached hydrogens (primary N) is 1. The molecule has 70 valence electrons. The Balaban J connectivity index is 2.40. The topological polar surface area (TPSA) is 64.3 Å². The smallest absolute Gasteiger partial charge is 0.322 e. The summed E-state index contributed by atoms with van der Waals surface area (Å²) in [5, 5.41) is 3.15. The van der Waals surface area contributed by atoms with E-state index in [2.05, 4.69) is 10.1 Å². The number of carbonyl (C=O) groups excluding carboxylic acids is 1. The summed E-state index contributed by atoms with van der Waals surface area (Å²) in [5.41, 5.74) is 5.49. The molecule has 0 radical (unpaired) electrons. The van der Waals surface area contributed by atoms with Gasteiger partial charge in [0, 0.05) is 12.6 Å². The van der Waals surface area contributed by atoms with Crippen molar-refractivity contribution in [2.75, 3.05) is 13.7 Å². The molecule has 3 N–H and O–H groups in total. The van der Waals surface area contributed by atoms with E-state index >= 15 is 0 Å². The van der Waals surface area contributed by atoms with Gasteiger partial charge in [0.25, 0.3) is 0 Å². The summed E-state index contributed by atoms with van der Waals surface area (Å²) in [6, 6.07) is 0.139. The van der Waals surface area contributed by atoms with Crippen LogP contribution in [-0.2, 0) is 9.53 Å². The van der Waals surface area contributed by atoms with Crippen molar-refractivity contribution in [3.63, 3.8) is 0 Å². The monoisotopic (exact) mass is 172 g/mol. The van der Waals surface area contributed by atoms with Crippen LogP contribution in [0.3, 0.4) is 0 Å². The maximum absolute atomic E-state index is 11.1. The first-order valence-corrected chi connectivity index (χ1v) is 4.32. The fraction of sp³-hybridized carbons (Fsp3) is 0.875. The number of rotatable bonds is 2. The Labute approximate surface area is 72.5 Å². The van der Waals surface area contributed by atoms with Crippen molar-refractivity contribution in [1.82, 2.24) is 5.32 Å². The Bertz CT molecular complexity index is 161. The molecule has 1 aliphatic heterocycles. The van der Waals surface area contributed by atoms with E-state index in [1.54, 1.807) is 0 Å². The van der Waals surface area contributed by atoms with Gasteiger partial charge in [0.15, 0.2) is 0 Å². The van der Waals surface area contributed by atoms with E-state index in [4.69, 9.17) is 5.73 Å². The lowest BCUT2D eigenvalue weighted by atomic mass is 9.99. The van der Waals surface area contributed by atoms with Gasteiger partial charge in [-0.15, -0.1) is 0 Å². The maximum Gasteiger partial charge on any atom is 0.322 e. The Hall–Kier alpha value is -0.610. The minimum atomic E-state index is -0.173. The van der Waals surface area contributed by atoms with Gasteiger partial charge in [0.1, 0.15) is 6.04 Å². The van der Waals surface area contributed by atoms with Gasteiger partial charge in [-0.1, -0.05) is 0 Å².